The Hall–Kier alpha value is -2.73. The van der Waals surface area contributed by atoms with E-state index in [1.807, 2.05) is 0 Å². The van der Waals surface area contributed by atoms with E-state index in [1.54, 1.807) is 0 Å². The molecule has 156 valence electrons. The van der Waals surface area contributed by atoms with Gasteiger partial charge in [-0.3, -0.25) is 4.90 Å². The molecule has 0 N–H and O–H groups in total. The summed E-state index contributed by atoms with van der Waals surface area (Å²) in [4.78, 5) is 4.68. The van der Waals surface area contributed by atoms with Gasteiger partial charge in [-0.1, -0.05) is 49.2 Å². The molecule has 2 aromatic carbocycles. The summed E-state index contributed by atoms with van der Waals surface area (Å²) in [6.07, 6.45) is 5.94. The minimum absolute atomic E-state index is 0.0603. The zero-order valence-electron chi connectivity index (χ0n) is 17.9. The molecule has 1 aliphatic heterocycles. The monoisotopic (exact) mass is 402 g/mol. The fourth-order valence-corrected chi connectivity index (χ4v) is 5.01. The molecule has 0 bridgehead atoms. The Morgan fingerprint density at radius 3 is 2.43 bits per heavy atom. The van der Waals surface area contributed by atoms with Crippen LogP contribution in [0.15, 0.2) is 48.5 Å². The number of anilines is 1. The number of nitrogens with zero attached hydrogens (tertiary/aromatic N) is 6. The maximum Gasteiger partial charge on any atom is 0.173 e. The highest BCUT2D eigenvalue weighted by molar-refractivity contribution is 5.47. The molecule has 6 heteroatoms. The van der Waals surface area contributed by atoms with Gasteiger partial charge in [0.15, 0.2) is 5.82 Å². The Bertz CT molecular complexity index is 987. The van der Waals surface area contributed by atoms with Gasteiger partial charge in [0.05, 0.1) is 12.1 Å². The predicted octanol–water partition coefficient (Wildman–Crippen LogP) is 4.00. The van der Waals surface area contributed by atoms with Crippen LogP contribution in [0.1, 0.15) is 60.3 Å². The largest absolute Gasteiger partial charge is 0.378 e. The Labute approximate surface area is 178 Å². The van der Waals surface area contributed by atoms with E-state index in [-0.39, 0.29) is 6.04 Å². The van der Waals surface area contributed by atoms with Crippen molar-refractivity contribution in [3.05, 3.63) is 71.0 Å². The van der Waals surface area contributed by atoms with Crippen LogP contribution in [0.2, 0.25) is 0 Å². The normalized spacial score (nSPS) is 18.3. The zero-order chi connectivity index (χ0) is 20.5. The molecule has 1 aromatic heterocycles. The molecule has 30 heavy (non-hydrogen) atoms. The van der Waals surface area contributed by atoms with E-state index in [1.165, 1.54) is 48.1 Å². The summed E-state index contributed by atoms with van der Waals surface area (Å²) in [7, 11) is 4.16. The second-order valence-electron chi connectivity index (χ2n) is 8.80. The second kappa shape index (κ2) is 8.19. The van der Waals surface area contributed by atoms with Gasteiger partial charge < -0.3 is 4.90 Å². The van der Waals surface area contributed by atoms with E-state index in [4.69, 9.17) is 0 Å². The van der Waals surface area contributed by atoms with Crippen LogP contribution in [0.25, 0.3) is 0 Å². The molecule has 0 amide bonds. The van der Waals surface area contributed by atoms with Crippen LogP contribution in [-0.4, -0.2) is 45.7 Å². The van der Waals surface area contributed by atoms with Crippen LogP contribution >= 0.6 is 0 Å². The number of rotatable bonds is 5. The van der Waals surface area contributed by atoms with Gasteiger partial charge in [0, 0.05) is 32.9 Å². The fourth-order valence-electron chi connectivity index (χ4n) is 5.01. The van der Waals surface area contributed by atoms with Gasteiger partial charge in [0.25, 0.3) is 0 Å². The van der Waals surface area contributed by atoms with E-state index in [2.05, 4.69) is 92.6 Å². The van der Waals surface area contributed by atoms with Crippen molar-refractivity contribution in [2.45, 2.75) is 50.7 Å². The van der Waals surface area contributed by atoms with E-state index in [0.717, 1.165) is 25.3 Å². The average Bonchev–Trinajstić information content (AvgIpc) is 3.46. The third-order valence-corrected chi connectivity index (χ3v) is 6.68. The fraction of sp³-hybridized carbons (Fsp3) is 0.458. The molecule has 3 aromatic rings. The molecule has 2 aliphatic rings. The van der Waals surface area contributed by atoms with Crippen LogP contribution in [0, 0.1) is 0 Å². The molecule has 1 atom stereocenters. The summed E-state index contributed by atoms with van der Waals surface area (Å²) in [5, 5.41) is 13.2. The first-order valence-electron chi connectivity index (χ1n) is 11.1. The average molecular weight is 403 g/mol. The summed E-state index contributed by atoms with van der Waals surface area (Å²) < 4.78 is 2.12. The molecular weight excluding hydrogens is 372 g/mol. The minimum atomic E-state index is 0.0603. The Morgan fingerprint density at radius 2 is 1.70 bits per heavy atom. The summed E-state index contributed by atoms with van der Waals surface area (Å²) >= 11 is 0. The lowest BCUT2D eigenvalue weighted by atomic mass is 9.95. The summed E-state index contributed by atoms with van der Waals surface area (Å²) in [6.45, 7) is 1.93. The molecule has 0 saturated heterocycles. The van der Waals surface area contributed by atoms with E-state index >= 15 is 0 Å². The van der Waals surface area contributed by atoms with E-state index in [9.17, 15) is 0 Å². The summed E-state index contributed by atoms with van der Waals surface area (Å²) in [6, 6.07) is 18.2. The van der Waals surface area contributed by atoms with Crippen LogP contribution in [0.5, 0.6) is 0 Å². The van der Waals surface area contributed by atoms with Crippen molar-refractivity contribution in [1.29, 1.82) is 0 Å². The van der Waals surface area contributed by atoms with Crippen molar-refractivity contribution in [1.82, 2.24) is 25.1 Å². The number of aromatic nitrogens is 4. The van der Waals surface area contributed by atoms with Crippen LogP contribution in [0.4, 0.5) is 5.69 Å². The number of benzene rings is 2. The standard InChI is InChI=1S/C24H30N6/c1-28(2)21-13-11-19(12-14-21)23(24-25-26-27-30(24)22-9-5-6-10-22)29-16-15-18-7-3-4-8-20(18)17-29/h3-4,7-8,11-14,22-23H,5-6,9-10,15-17H2,1-2H3/t23-/m1/s1. The van der Waals surface area contributed by atoms with Crippen LogP contribution in [0.3, 0.4) is 0 Å². The van der Waals surface area contributed by atoms with Gasteiger partial charge in [-0.05, 0) is 58.5 Å². The van der Waals surface area contributed by atoms with Gasteiger partial charge in [-0.25, -0.2) is 4.68 Å². The minimum Gasteiger partial charge on any atom is -0.378 e. The molecule has 1 saturated carbocycles. The molecule has 1 fully saturated rings. The number of tetrazole rings is 1. The first kappa shape index (κ1) is 19.2. The van der Waals surface area contributed by atoms with Gasteiger partial charge >= 0.3 is 0 Å². The molecule has 2 heterocycles. The van der Waals surface area contributed by atoms with Crippen LogP contribution in [-0.2, 0) is 13.0 Å². The molecule has 1 aliphatic carbocycles. The number of hydrogen-bond acceptors (Lipinski definition) is 5. The highest BCUT2D eigenvalue weighted by Crippen LogP contribution is 2.36. The summed E-state index contributed by atoms with van der Waals surface area (Å²) in [5.41, 5.74) is 5.34. The highest BCUT2D eigenvalue weighted by atomic mass is 15.6. The first-order valence-corrected chi connectivity index (χ1v) is 11.1. The second-order valence-corrected chi connectivity index (χ2v) is 8.80. The third kappa shape index (κ3) is 3.60. The zero-order valence-corrected chi connectivity index (χ0v) is 17.9. The third-order valence-electron chi connectivity index (χ3n) is 6.68. The van der Waals surface area contributed by atoms with Crippen molar-refractivity contribution in [2.75, 3.05) is 25.5 Å². The lowest BCUT2D eigenvalue weighted by Gasteiger charge is -2.35. The Balaban J connectivity index is 1.54. The predicted molar refractivity (Wildman–Crippen MR) is 118 cm³/mol. The number of fused-ring (bicyclic) bond motifs is 1. The maximum atomic E-state index is 4.58. The number of hydrogen-bond donors (Lipinski definition) is 0. The molecule has 5 rings (SSSR count). The van der Waals surface area contributed by atoms with Crippen LogP contribution < -0.4 is 4.90 Å². The Kier molecular flexibility index (Phi) is 5.25. The van der Waals surface area contributed by atoms with E-state index in [0.29, 0.717) is 6.04 Å². The topological polar surface area (TPSA) is 50.1 Å². The molecule has 6 nitrogen and oxygen atoms in total. The lowest BCUT2D eigenvalue weighted by molar-refractivity contribution is 0.191. The SMILES string of the molecule is CN(C)c1ccc([C@H](c2nnnn2C2CCCC2)N2CCc3ccccc3C2)cc1. The Morgan fingerprint density at radius 1 is 0.967 bits per heavy atom. The molecule has 0 spiro atoms. The highest BCUT2D eigenvalue weighted by Gasteiger charge is 2.32. The van der Waals surface area contributed by atoms with Crippen molar-refractivity contribution in [3.63, 3.8) is 0 Å². The van der Waals surface area contributed by atoms with Crippen molar-refractivity contribution in [3.8, 4) is 0 Å². The van der Waals surface area contributed by atoms with Crippen molar-refractivity contribution in [2.24, 2.45) is 0 Å². The molecular formula is C24H30N6. The lowest BCUT2D eigenvalue weighted by Crippen LogP contribution is -2.36. The molecule has 0 unspecified atom stereocenters. The van der Waals surface area contributed by atoms with Gasteiger partial charge in [-0.15, -0.1) is 5.10 Å². The van der Waals surface area contributed by atoms with E-state index < -0.39 is 0 Å². The van der Waals surface area contributed by atoms with Gasteiger partial charge in [0.2, 0.25) is 0 Å². The maximum absolute atomic E-state index is 4.58. The quantitative estimate of drug-likeness (QED) is 0.646. The smallest absolute Gasteiger partial charge is 0.173 e. The first-order chi connectivity index (χ1) is 14.7. The van der Waals surface area contributed by atoms with Gasteiger partial charge in [0.1, 0.15) is 0 Å². The summed E-state index contributed by atoms with van der Waals surface area (Å²) in [5.74, 6) is 0.985. The molecule has 0 radical (unpaired) electrons. The van der Waals surface area contributed by atoms with Gasteiger partial charge in [-0.2, -0.15) is 0 Å². The van der Waals surface area contributed by atoms with Crippen molar-refractivity contribution < 1.29 is 0 Å². The van der Waals surface area contributed by atoms with Crippen molar-refractivity contribution >= 4 is 5.69 Å².